The Kier molecular flexibility index (Phi) is 6.81. The highest BCUT2D eigenvalue weighted by atomic mass is 16.5. The number of methoxy groups -OCH3 is 1. The summed E-state index contributed by atoms with van der Waals surface area (Å²) in [4.78, 5) is 2.50. The molecule has 1 rings (SSSR count). The summed E-state index contributed by atoms with van der Waals surface area (Å²) in [6.45, 7) is 8.73. The molecule has 1 aromatic carbocycles. The average molecular weight is 249 g/mol. The summed E-state index contributed by atoms with van der Waals surface area (Å²) in [5.41, 5.74) is 2.74. The van der Waals surface area contributed by atoms with E-state index < -0.39 is 0 Å². The Morgan fingerprint density at radius 1 is 1.11 bits per heavy atom. The smallest absolute Gasteiger partial charge is 0.0462 e. The first-order chi connectivity index (χ1) is 8.66. The molecule has 0 unspecified atom stereocenters. The second kappa shape index (κ2) is 8.15. The number of aryl methyl sites for hydroxylation is 1. The second-order valence-corrected chi connectivity index (χ2v) is 5.13. The van der Waals surface area contributed by atoms with Crippen LogP contribution in [0.3, 0.4) is 0 Å². The SMILES string of the molecule is COCCCCCN(c1ccccc1C)C(C)C. The van der Waals surface area contributed by atoms with Crippen molar-refractivity contribution in [1.82, 2.24) is 0 Å². The molecule has 102 valence electrons. The van der Waals surface area contributed by atoms with Crippen LogP contribution in [-0.2, 0) is 4.74 Å². The maximum Gasteiger partial charge on any atom is 0.0462 e. The van der Waals surface area contributed by atoms with E-state index in [1.54, 1.807) is 7.11 Å². The third kappa shape index (κ3) is 4.69. The Labute approximate surface area is 112 Å². The first-order valence-corrected chi connectivity index (χ1v) is 6.98. The topological polar surface area (TPSA) is 12.5 Å². The zero-order chi connectivity index (χ0) is 13.4. The monoisotopic (exact) mass is 249 g/mol. The van der Waals surface area contributed by atoms with Crippen LogP contribution in [0.2, 0.25) is 0 Å². The van der Waals surface area contributed by atoms with Crippen molar-refractivity contribution in [2.75, 3.05) is 25.2 Å². The molecule has 0 saturated carbocycles. The fourth-order valence-corrected chi connectivity index (χ4v) is 2.25. The van der Waals surface area contributed by atoms with Gasteiger partial charge in [0.25, 0.3) is 0 Å². The summed E-state index contributed by atoms with van der Waals surface area (Å²) in [6, 6.07) is 9.20. The molecule has 1 aromatic rings. The highest BCUT2D eigenvalue weighted by Crippen LogP contribution is 2.22. The van der Waals surface area contributed by atoms with Gasteiger partial charge in [-0.1, -0.05) is 18.2 Å². The fraction of sp³-hybridized carbons (Fsp3) is 0.625. The van der Waals surface area contributed by atoms with Crippen molar-refractivity contribution in [3.8, 4) is 0 Å². The van der Waals surface area contributed by atoms with Crippen LogP contribution in [-0.4, -0.2) is 26.3 Å². The summed E-state index contributed by atoms with van der Waals surface area (Å²) in [6.07, 6.45) is 3.63. The highest BCUT2D eigenvalue weighted by molar-refractivity contribution is 5.53. The van der Waals surface area contributed by atoms with Crippen LogP contribution in [0.4, 0.5) is 5.69 Å². The first-order valence-electron chi connectivity index (χ1n) is 6.98. The van der Waals surface area contributed by atoms with Crippen molar-refractivity contribution in [2.45, 2.75) is 46.1 Å². The van der Waals surface area contributed by atoms with Gasteiger partial charge in [-0.3, -0.25) is 0 Å². The molecule has 0 aromatic heterocycles. The molecule has 0 bridgehead atoms. The molecular weight excluding hydrogens is 222 g/mol. The van der Waals surface area contributed by atoms with Gasteiger partial charge in [-0.05, 0) is 51.7 Å². The maximum atomic E-state index is 5.09. The molecule has 2 heteroatoms. The number of ether oxygens (including phenoxy) is 1. The molecule has 0 aliphatic heterocycles. The van der Waals surface area contributed by atoms with Crippen molar-refractivity contribution >= 4 is 5.69 Å². The van der Waals surface area contributed by atoms with Crippen LogP contribution in [0.15, 0.2) is 24.3 Å². The number of benzene rings is 1. The van der Waals surface area contributed by atoms with Gasteiger partial charge in [0.05, 0.1) is 0 Å². The van der Waals surface area contributed by atoms with Crippen LogP contribution in [0.1, 0.15) is 38.7 Å². The van der Waals surface area contributed by atoms with Crippen molar-refractivity contribution in [2.24, 2.45) is 0 Å². The van der Waals surface area contributed by atoms with Crippen LogP contribution in [0, 0.1) is 6.92 Å². The molecular formula is C16H27NO. The van der Waals surface area contributed by atoms with Gasteiger partial charge in [-0.2, -0.15) is 0 Å². The van der Waals surface area contributed by atoms with Gasteiger partial charge in [0, 0.05) is 32.0 Å². The molecule has 0 spiro atoms. The molecule has 0 saturated heterocycles. The van der Waals surface area contributed by atoms with E-state index in [0.717, 1.165) is 19.6 Å². The van der Waals surface area contributed by atoms with Gasteiger partial charge < -0.3 is 9.64 Å². The van der Waals surface area contributed by atoms with E-state index in [2.05, 4.69) is 49.9 Å². The zero-order valence-electron chi connectivity index (χ0n) is 12.3. The minimum absolute atomic E-state index is 0.550. The molecule has 2 nitrogen and oxygen atoms in total. The number of rotatable bonds is 8. The molecule has 0 aliphatic rings. The maximum absolute atomic E-state index is 5.09. The summed E-state index contributed by atoms with van der Waals surface area (Å²) in [5, 5.41) is 0. The molecule has 0 radical (unpaired) electrons. The Hall–Kier alpha value is -1.02. The Bertz CT molecular complexity index is 336. The third-order valence-electron chi connectivity index (χ3n) is 3.30. The molecule has 0 heterocycles. The van der Waals surface area contributed by atoms with E-state index in [4.69, 9.17) is 4.74 Å². The second-order valence-electron chi connectivity index (χ2n) is 5.13. The number of nitrogens with zero attached hydrogens (tertiary/aromatic N) is 1. The van der Waals surface area contributed by atoms with Crippen LogP contribution in [0.5, 0.6) is 0 Å². The number of anilines is 1. The van der Waals surface area contributed by atoms with Crippen LogP contribution >= 0.6 is 0 Å². The lowest BCUT2D eigenvalue weighted by Crippen LogP contribution is -2.32. The van der Waals surface area contributed by atoms with Gasteiger partial charge in [0.15, 0.2) is 0 Å². The van der Waals surface area contributed by atoms with E-state index in [1.165, 1.54) is 24.1 Å². The standard InChI is InChI=1S/C16H27NO/c1-14(2)17(12-8-5-9-13-18-4)16-11-7-6-10-15(16)3/h6-7,10-11,14H,5,8-9,12-13H2,1-4H3. The minimum Gasteiger partial charge on any atom is -0.385 e. The lowest BCUT2D eigenvalue weighted by Gasteiger charge is -2.30. The predicted molar refractivity (Wildman–Crippen MR) is 79.4 cm³/mol. The largest absolute Gasteiger partial charge is 0.385 e. The number of hydrogen-bond donors (Lipinski definition) is 0. The van der Waals surface area contributed by atoms with E-state index in [9.17, 15) is 0 Å². The lowest BCUT2D eigenvalue weighted by atomic mass is 10.1. The van der Waals surface area contributed by atoms with Crippen molar-refractivity contribution in [3.63, 3.8) is 0 Å². The van der Waals surface area contributed by atoms with Crippen LogP contribution in [0.25, 0.3) is 0 Å². The Balaban J connectivity index is 2.53. The molecule has 0 aliphatic carbocycles. The van der Waals surface area contributed by atoms with Gasteiger partial charge in [-0.25, -0.2) is 0 Å². The van der Waals surface area contributed by atoms with Gasteiger partial charge in [0.2, 0.25) is 0 Å². The Morgan fingerprint density at radius 2 is 1.83 bits per heavy atom. The number of hydrogen-bond acceptors (Lipinski definition) is 2. The Morgan fingerprint density at radius 3 is 2.44 bits per heavy atom. The van der Waals surface area contributed by atoms with Crippen molar-refractivity contribution in [3.05, 3.63) is 29.8 Å². The summed E-state index contributed by atoms with van der Waals surface area (Å²) in [5.74, 6) is 0. The minimum atomic E-state index is 0.550. The zero-order valence-corrected chi connectivity index (χ0v) is 12.3. The van der Waals surface area contributed by atoms with E-state index in [-0.39, 0.29) is 0 Å². The van der Waals surface area contributed by atoms with E-state index >= 15 is 0 Å². The van der Waals surface area contributed by atoms with E-state index in [0.29, 0.717) is 6.04 Å². The lowest BCUT2D eigenvalue weighted by molar-refractivity contribution is 0.192. The predicted octanol–water partition coefficient (Wildman–Crippen LogP) is 4.03. The van der Waals surface area contributed by atoms with E-state index in [1.807, 2.05) is 0 Å². The van der Waals surface area contributed by atoms with Gasteiger partial charge in [0.1, 0.15) is 0 Å². The average Bonchev–Trinajstić information content (AvgIpc) is 2.35. The molecule has 18 heavy (non-hydrogen) atoms. The first kappa shape index (κ1) is 15.0. The summed E-state index contributed by atoms with van der Waals surface area (Å²) in [7, 11) is 1.77. The van der Waals surface area contributed by atoms with Crippen molar-refractivity contribution < 1.29 is 4.74 Å². The van der Waals surface area contributed by atoms with Gasteiger partial charge >= 0.3 is 0 Å². The molecule has 0 fully saturated rings. The molecule has 0 N–H and O–H groups in total. The molecule has 0 amide bonds. The highest BCUT2D eigenvalue weighted by Gasteiger charge is 2.11. The fourth-order valence-electron chi connectivity index (χ4n) is 2.25. The molecule has 0 atom stereocenters. The van der Waals surface area contributed by atoms with Crippen LogP contribution < -0.4 is 4.90 Å². The number of unbranched alkanes of at least 4 members (excludes halogenated alkanes) is 2. The normalized spacial score (nSPS) is 10.9. The number of para-hydroxylation sites is 1. The summed E-state index contributed by atoms with van der Waals surface area (Å²) < 4.78 is 5.09. The third-order valence-corrected chi connectivity index (χ3v) is 3.30. The quantitative estimate of drug-likeness (QED) is 0.645. The van der Waals surface area contributed by atoms with Gasteiger partial charge in [-0.15, -0.1) is 0 Å². The van der Waals surface area contributed by atoms with Crippen molar-refractivity contribution in [1.29, 1.82) is 0 Å². The summed E-state index contributed by atoms with van der Waals surface area (Å²) >= 11 is 0.